The highest BCUT2D eigenvalue weighted by molar-refractivity contribution is 6.31. The maximum Gasteiger partial charge on any atom is 0.241 e. The van der Waals surface area contributed by atoms with E-state index in [9.17, 15) is 28.7 Å². The standard InChI is InChI=1S/C34H34ClFN2O6/c1-34-23(31(41)38(33(34)43)19-9-12-25(36)24(35)15-19)16-22-20(29(34)17-8-13-26(39)27(14-17)44-2)10-11-21-28(22)32(42)37(30(21)40)18-6-4-3-5-7-18/h8-10,12-15,18,21-23,28-29,39H,3-7,11,16H2,1-2H3. The Hall–Kier alpha value is -3.72. The summed E-state index contributed by atoms with van der Waals surface area (Å²) in [7, 11) is 1.43. The number of allylic oxidation sites excluding steroid dienone is 2. The number of carbonyl (C=O) groups is 4. The first kappa shape index (κ1) is 29.0. The molecule has 0 aromatic heterocycles. The molecule has 0 bridgehead atoms. The predicted octanol–water partition coefficient (Wildman–Crippen LogP) is 5.76. The Kier molecular flexibility index (Phi) is 6.88. The number of aromatic hydroxyl groups is 1. The van der Waals surface area contributed by atoms with Crippen molar-refractivity contribution in [2.45, 2.75) is 63.8 Å². The van der Waals surface area contributed by atoms with Crippen molar-refractivity contribution in [3.8, 4) is 11.5 Å². The Bertz CT molecular complexity index is 1640. The second-order valence-electron chi connectivity index (χ2n) is 13.0. The molecule has 10 heteroatoms. The molecule has 5 aliphatic rings. The van der Waals surface area contributed by atoms with E-state index in [2.05, 4.69) is 0 Å². The number of carbonyl (C=O) groups excluding carboxylic acids is 4. The average Bonchev–Trinajstić information content (AvgIpc) is 3.39. The molecule has 230 valence electrons. The van der Waals surface area contributed by atoms with Gasteiger partial charge in [0.05, 0.1) is 41.0 Å². The van der Waals surface area contributed by atoms with Gasteiger partial charge in [0.2, 0.25) is 23.6 Å². The normalized spacial score (nSPS) is 32.0. The number of benzene rings is 2. The van der Waals surface area contributed by atoms with Crippen molar-refractivity contribution < 1.29 is 33.4 Å². The molecule has 2 saturated carbocycles. The van der Waals surface area contributed by atoms with Crippen LogP contribution in [0.15, 0.2) is 48.0 Å². The summed E-state index contributed by atoms with van der Waals surface area (Å²) < 4.78 is 19.5. The van der Waals surface area contributed by atoms with Gasteiger partial charge in [-0.3, -0.25) is 24.1 Å². The Balaban J connectivity index is 1.36. The Morgan fingerprint density at radius 1 is 0.977 bits per heavy atom. The zero-order valence-electron chi connectivity index (χ0n) is 24.6. The van der Waals surface area contributed by atoms with E-state index in [1.54, 1.807) is 19.1 Å². The van der Waals surface area contributed by atoms with Gasteiger partial charge in [0.25, 0.3) is 0 Å². The van der Waals surface area contributed by atoms with Crippen LogP contribution in [0.4, 0.5) is 10.1 Å². The minimum absolute atomic E-state index is 0.0703. The van der Waals surface area contributed by atoms with Gasteiger partial charge in [-0.1, -0.05) is 48.6 Å². The van der Waals surface area contributed by atoms with Crippen LogP contribution in [0.2, 0.25) is 5.02 Å². The van der Waals surface area contributed by atoms with Crippen LogP contribution in [-0.4, -0.2) is 46.8 Å². The number of ether oxygens (including phenoxy) is 1. The number of amides is 4. The monoisotopic (exact) mass is 620 g/mol. The molecule has 1 N–H and O–H groups in total. The highest BCUT2D eigenvalue weighted by Crippen LogP contribution is 2.64. The van der Waals surface area contributed by atoms with Crippen LogP contribution in [0.1, 0.15) is 63.4 Å². The summed E-state index contributed by atoms with van der Waals surface area (Å²) in [6.07, 6.45) is 7.27. The molecule has 4 amide bonds. The summed E-state index contributed by atoms with van der Waals surface area (Å²) >= 11 is 6.07. The van der Waals surface area contributed by atoms with E-state index >= 15 is 0 Å². The van der Waals surface area contributed by atoms with Crippen LogP contribution in [0.5, 0.6) is 11.5 Å². The van der Waals surface area contributed by atoms with Crippen molar-refractivity contribution in [1.29, 1.82) is 0 Å². The first-order valence-electron chi connectivity index (χ1n) is 15.3. The Morgan fingerprint density at radius 2 is 1.73 bits per heavy atom. The molecule has 6 atom stereocenters. The van der Waals surface area contributed by atoms with Crippen LogP contribution in [0.25, 0.3) is 0 Å². The van der Waals surface area contributed by atoms with Crippen LogP contribution in [-0.2, 0) is 19.2 Å². The summed E-state index contributed by atoms with van der Waals surface area (Å²) in [5.74, 6) is -4.75. The second kappa shape index (κ2) is 10.4. The summed E-state index contributed by atoms with van der Waals surface area (Å²) in [6, 6.07) is 8.54. The number of likely N-dealkylation sites (tertiary alicyclic amines) is 1. The van der Waals surface area contributed by atoms with Gasteiger partial charge < -0.3 is 9.84 Å². The van der Waals surface area contributed by atoms with Crippen molar-refractivity contribution in [2.24, 2.45) is 29.1 Å². The van der Waals surface area contributed by atoms with Gasteiger partial charge in [0, 0.05) is 12.0 Å². The smallest absolute Gasteiger partial charge is 0.241 e. The maximum atomic E-state index is 14.5. The van der Waals surface area contributed by atoms with Crippen LogP contribution in [0, 0.1) is 34.9 Å². The quantitative estimate of drug-likeness (QED) is 0.345. The third kappa shape index (κ3) is 4.00. The number of rotatable bonds is 4. The third-order valence-corrected chi connectivity index (χ3v) is 11.2. The fourth-order valence-corrected chi connectivity index (χ4v) is 9.04. The molecule has 4 fully saturated rings. The summed E-state index contributed by atoms with van der Waals surface area (Å²) in [5.41, 5.74) is 0.408. The van der Waals surface area contributed by atoms with Gasteiger partial charge in [-0.05, 0) is 74.4 Å². The Morgan fingerprint density at radius 3 is 2.43 bits per heavy atom. The van der Waals surface area contributed by atoms with Gasteiger partial charge in [-0.15, -0.1) is 0 Å². The third-order valence-electron chi connectivity index (χ3n) is 10.9. The minimum Gasteiger partial charge on any atom is -0.504 e. The molecule has 7 rings (SSSR count). The lowest BCUT2D eigenvalue weighted by Gasteiger charge is -2.49. The number of hydrogen-bond donors (Lipinski definition) is 1. The summed E-state index contributed by atoms with van der Waals surface area (Å²) in [6.45, 7) is 1.77. The lowest BCUT2D eigenvalue weighted by molar-refractivity contribution is -0.144. The maximum absolute atomic E-state index is 14.5. The molecular formula is C34H34ClFN2O6. The molecule has 2 aromatic carbocycles. The largest absolute Gasteiger partial charge is 0.504 e. The molecule has 6 unspecified atom stereocenters. The van der Waals surface area contributed by atoms with E-state index in [1.165, 1.54) is 30.2 Å². The zero-order valence-corrected chi connectivity index (χ0v) is 25.4. The van der Waals surface area contributed by atoms with Crippen molar-refractivity contribution in [3.05, 3.63) is 64.5 Å². The van der Waals surface area contributed by atoms with Gasteiger partial charge >= 0.3 is 0 Å². The summed E-state index contributed by atoms with van der Waals surface area (Å²) in [4.78, 5) is 59.3. The molecule has 0 spiro atoms. The van der Waals surface area contributed by atoms with Crippen LogP contribution in [0.3, 0.4) is 0 Å². The minimum atomic E-state index is -1.27. The molecule has 3 aliphatic carbocycles. The molecular weight excluding hydrogens is 587 g/mol. The van der Waals surface area contributed by atoms with Crippen molar-refractivity contribution in [2.75, 3.05) is 12.0 Å². The van der Waals surface area contributed by atoms with Crippen molar-refractivity contribution in [3.63, 3.8) is 0 Å². The average molecular weight is 621 g/mol. The molecule has 2 aromatic rings. The number of hydrogen-bond acceptors (Lipinski definition) is 6. The number of imide groups is 2. The number of fused-ring (bicyclic) bond motifs is 4. The molecule has 2 aliphatic heterocycles. The number of halogens is 2. The number of anilines is 1. The SMILES string of the molecule is COc1cc(C2C3=CCC4C(=O)N(C5CCCCC5)C(=O)C4C3CC3C(=O)N(c4ccc(F)c(Cl)c4)C(=O)C32C)ccc1O. The van der Waals surface area contributed by atoms with Crippen LogP contribution < -0.4 is 9.64 Å². The fraction of sp³-hybridized carbons (Fsp3) is 0.471. The van der Waals surface area contributed by atoms with Crippen molar-refractivity contribution >= 4 is 40.9 Å². The zero-order chi connectivity index (χ0) is 31.1. The lowest BCUT2D eigenvalue weighted by Crippen LogP contribution is -2.49. The van der Waals surface area contributed by atoms with E-state index in [1.807, 2.05) is 6.08 Å². The topological polar surface area (TPSA) is 104 Å². The van der Waals surface area contributed by atoms with Crippen molar-refractivity contribution in [1.82, 2.24) is 4.90 Å². The molecule has 0 radical (unpaired) electrons. The van der Waals surface area contributed by atoms with E-state index < -0.39 is 52.6 Å². The van der Waals surface area contributed by atoms with Gasteiger partial charge in [-0.2, -0.15) is 0 Å². The molecule has 44 heavy (non-hydrogen) atoms. The number of methoxy groups -OCH3 is 1. The number of nitrogens with zero attached hydrogens (tertiary/aromatic N) is 2. The number of phenols is 1. The van der Waals surface area contributed by atoms with Gasteiger partial charge in [0.15, 0.2) is 11.5 Å². The first-order valence-corrected chi connectivity index (χ1v) is 15.7. The van der Waals surface area contributed by atoms with Gasteiger partial charge in [0.1, 0.15) is 5.82 Å². The van der Waals surface area contributed by atoms with Gasteiger partial charge in [-0.25, -0.2) is 9.29 Å². The number of phenolic OH excluding ortho intramolecular Hbond substituents is 1. The molecule has 8 nitrogen and oxygen atoms in total. The van der Waals surface area contributed by atoms with E-state index in [0.29, 0.717) is 12.0 Å². The van der Waals surface area contributed by atoms with E-state index in [4.69, 9.17) is 16.3 Å². The molecule has 2 saturated heterocycles. The van der Waals surface area contributed by atoms with E-state index in [-0.39, 0.29) is 46.5 Å². The predicted molar refractivity (Wildman–Crippen MR) is 159 cm³/mol. The second-order valence-corrected chi connectivity index (χ2v) is 13.4. The highest BCUT2D eigenvalue weighted by atomic mass is 35.5. The lowest BCUT2D eigenvalue weighted by atomic mass is 9.51. The highest BCUT2D eigenvalue weighted by Gasteiger charge is 2.67. The van der Waals surface area contributed by atoms with E-state index in [0.717, 1.165) is 48.6 Å². The summed E-state index contributed by atoms with van der Waals surface area (Å²) in [5, 5.41) is 10.2. The fourth-order valence-electron chi connectivity index (χ4n) is 8.86. The van der Waals surface area contributed by atoms with Crippen LogP contribution >= 0.6 is 11.6 Å². The first-order chi connectivity index (χ1) is 21.1. The molecule has 2 heterocycles. The Labute approximate surface area is 259 Å².